The molecule has 1 fully saturated rings. The lowest BCUT2D eigenvalue weighted by molar-refractivity contribution is -0.133. The molecule has 1 aliphatic rings. The zero-order valence-corrected chi connectivity index (χ0v) is 12.0. The van der Waals surface area contributed by atoms with E-state index in [2.05, 4.69) is 5.32 Å². The third kappa shape index (κ3) is 4.23. The van der Waals surface area contributed by atoms with Gasteiger partial charge < -0.3 is 9.64 Å². The molecule has 2 rings (SSSR count). The van der Waals surface area contributed by atoms with E-state index in [1.807, 2.05) is 35.2 Å². The molecule has 0 spiro atoms. The van der Waals surface area contributed by atoms with Crippen LogP contribution in [-0.2, 0) is 16.1 Å². The summed E-state index contributed by atoms with van der Waals surface area (Å²) in [5.74, 6) is 1.89. The van der Waals surface area contributed by atoms with Gasteiger partial charge in [-0.3, -0.25) is 10.1 Å². The molecule has 1 aromatic carbocycles. The van der Waals surface area contributed by atoms with Gasteiger partial charge in [0.1, 0.15) is 0 Å². The number of nitrogens with zero attached hydrogens (tertiary/aromatic N) is 1. The second kappa shape index (κ2) is 7.53. The number of methoxy groups -OCH3 is 1. The summed E-state index contributed by atoms with van der Waals surface area (Å²) in [6.45, 7) is 1.84. The topological polar surface area (TPSA) is 41.6 Å². The summed E-state index contributed by atoms with van der Waals surface area (Å²) in [5, 5.41) is 3.23. The summed E-state index contributed by atoms with van der Waals surface area (Å²) in [5.41, 5.74) is 1.15. The van der Waals surface area contributed by atoms with Crippen LogP contribution in [0.2, 0.25) is 0 Å². The van der Waals surface area contributed by atoms with Gasteiger partial charge in [0.2, 0.25) is 5.91 Å². The number of hydrogen-bond donors (Lipinski definition) is 1. The highest BCUT2D eigenvalue weighted by atomic mass is 32.2. The monoisotopic (exact) mass is 280 g/mol. The summed E-state index contributed by atoms with van der Waals surface area (Å²) >= 11 is 1.77. The highest BCUT2D eigenvalue weighted by Gasteiger charge is 2.27. The molecular formula is C14H20N2O2S. The van der Waals surface area contributed by atoms with E-state index in [4.69, 9.17) is 4.74 Å². The van der Waals surface area contributed by atoms with Gasteiger partial charge in [-0.05, 0) is 5.56 Å². The van der Waals surface area contributed by atoms with Crippen molar-refractivity contribution in [3.05, 3.63) is 35.9 Å². The summed E-state index contributed by atoms with van der Waals surface area (Å²) in [4.78, 5) is 14.3. The largest absolute Gasteiger partial charge is 0.383 e. The molecule has 19 heavy (non-hydrogen) atoms. The molecule has 1 N–H and O–H groups in total. The predicted molar refractivity (Wildman–Crippen MR) is 78.0 cm³/mol. The van der Waals surface area contributed by atoms with Crippen molar-refractivity contribution in [2.75, 3.05) is 31.9 Å². The second-order valence-corrected chi connectivity index (χ2v) is 5.54. The second-order valence-electron chi connectivity index (χ2n) is 4.51. The Hall–Kier alpha value is -1.04. The Kier molecular flexibility index (Phi) is 5.69. The average Bonchev–Trinajstić information content (AvgIpc) is 2.98. The van der Waals surface area contributed by atoms with Gasteiger partial charge in [0, 0.05) is 31.8 Å². The van der Waals surface area contributed by atoms with Crippen LogP contribution >= 0.6 is 11.8 Å². The lowest BCUT2D eigenvalue weighted by Gasteiger charge is -2.25. The highest BCUT2D eigenvalue weighted by Crippen LogP contribution is 2.14. The van der Waals surface area contributed by atoms with Crippen LogP contribution in [0.15, 0.2) is 30.3 Å². The third-order valence-corrected chi connectivity index (χ3v) is 4.05. The molecule has 5 heteroatoms. The Morgan fingerprint density at radius 3 is 2.89 bits per heavy atom. The van der Waals surface area contributed by atoms with E-state index in [1.54, 1.807) is 18.9 Å². The van der Waals surface area contributed by atoms with Crippen molar-refractivity contribution in [2.45, 2.75) is 12.6 Å². The smallest absolute Gasteiger partial charge is 0.240 e. The number of rotatable bonds is 6. The number of amides is 1. The van der Waals surface area contributed by atoms with Crippen LogP contribution in [0, 0.1) is 0 Å². The Morgan fingerprint density at radius 2 is 2.26 bits per heavy atom. The van der Waals surface area contributed by atoms with Crippen LogP contribution in [-0.4, -0.2) is 48.7 Å². The van der Waals surface area contributed by atoms with Crippen molar-refractivity contribution in [1.29, 1.82) is 0 Å². The fourth-order valence-electron chi connectivity index (χ4n) is 2.05. The molecule has 104 valence electrons. The van der Waals surface area contributed by atoms with Gasteiger partial charge in [-0.25, -0.2) is 0 Å². The molecular weight excluding hydrogens is 260 g/mol. The maximum Gasteiger partial charge on any atom is 0.240 e. The number of nitrogens with one attached hydrogen (secondary N) is 1. The molecule has 1 saturated heterocycles. The summed E-state index contributed by atoms with van der Waals surface area (Å²) < 4.78 is 5.10. The Labute approximate surface area is 118 Å². The van der Waals surface area contributed by atoms with E-state index in [9.17, 15) is 4.79 Å². The SMILES string of the molecule is COCCN(Cc1ccccc1)C(=O)C1CSCN1. The van der Waals surface area contributed by atoms with Crippen molar-refractivity contribution < 1.29 is 9.53 Å². The molecule has 1 unspecified atom stereocenters. The van der Waals surface area contributed by atoms with E-state index in [-0.39, 0.29) is 11.9 Å². The van der Waals surface area contributed by atoms with E-state index in [0.717, 1.165) is 17.2 Å². The molecule has 1 aromatic rings. The quantitative estimate of drug-likeness (QED) is 0.853. The maximum atomic E-state index is 12.5. The fourth-order valence-corrected chi connectivity index (χ4v) is 2.98. The zero-order chi connectivity index (χ0) is 13.5. The lowest BCUT2D eigenvalue weighted by atomic mass is 10.2. The molecule has 0 aliphatic carbocycles. The van der Waals surface area contributed by atoms with Gasteiger partial charge in [-0.2, -0.15) is 0 Å². The van der Waals surface area contributed by atoms with Gasteiger partial charge in [0.05, 0.1) is 12.6 Å². The first-order valence-corrected chi connectivity index (χ1v) is 7.59. The maximum absolute atomic E-state index is 12.5. The molecule has 1 heterocycles. The van der Waals surface area contributed by atoms with Crippen LogP contribution in [0.25, 0.3) is 0 Å². The minimum absolute atomic E-state index is 0.0504. The first kappa shape index (κ1) is 14.4. The third-order valence-electron chi connectivity index (χ3n) is 3.11. The zero-order valence-electron chi connectivity index (χ0n) is 11.2. The molecule has 4 nitrogen and oxygen atoms in total. The van der Waals surface area contributed by atoms with Crippen LogP contribution in [0.1, 0.15) is 5.56 Å². The molecule has 0 aromatic heterocycles. The normalized spacial score (nSPS) is 18.5. The first-order valence-electron chi connectivity index (χ1n) is 6.44. The highest BCUT2D eigenvalue weighted by molar-refractivity contribution is 7.99. The standard InChI is InChI=1S/C14H20N2O2S/c1-18-8-7-16(9-12-5-3-2-4-6-12)14(17)13-10-19-11-15-13/h2-6,13,15H,7-11H2,1H3. The van der Waals surface area contributed by atoms with Crippen molar-refractivity contribution >= 4 is 17.7 Å². The number of carbonyl (C=O) groups excluding carboxylic acids is 1. The average molecular weight is 280 g/mol. The van der Waals surface area contributed by atoms with Gasteiger partial charge in [-0.15, -0.1) is 11.8 Å². The summed E-state index contributed by atoms with van der Waals surface area (Å²) in [6, 6.07) is 10.0. The van der Waals surface area contributed by atoms with Crippen LogP contribution < -0.4 is 5.32 Å². The van der Waals surface area contributed by atoms with Crippen molar-refractivity contribution in [3.63, 3.8) is 0 Å². The van der Waals surface area contributed by atoms with Crippen molar-refractivity contribution in [3.8, 4) is 0 Å². The lowest BCUT2D eigenvalue weighted by Crippen LogP contribution is -2.45. The van der Waals surface area contributed by atoms with Crippen LogP contribution in [0.3, 0.4) is 0 Å². The van der Waals surface area contributed by atoms with E-state index >= 15 is 0 Å². The Morgan fingerprint density at radius 1 is 1.47 bits per heavy atom. The summed E-state index contributed by atoms with van der Waals surface area (Å²) in [7, 11) is 1.66. The minimum Gasteiger partial charge on any atom is -0.383 e. The van der Waals surface area contributed by atoms with E-state index < -0.39 is 0 Å². The first-order chi connectivity index (χ1) is 9.31. The Bertz CT molecular complexity index is 394. The molecule has 0 radical (unpaired) electrons. The van der Waals surface area contributed by atoms with Crippen molar-refractivity contribution in [1.82, 2.24) is 10.2 Å². The van der Waals surface area contributed by atoms with Gasteiger partial charge in [-0.1, -0.05) is 30.3 Å². The predicted octanol–water partition coefficient (Wildman–Crippen LogP) is 1.32. The number of thioether (sulfide) groups is 1. The van der Waals surface area contributed by atoms with Crippen molar-refractivity contribution in [2.24, 2.45) is 0 Å². The van der Waals surface area contributed by atoms with Gasteiger partial charge in [0.15, 0.2) is 0 Å². The number of benzene rings is 1. The minimum atomic E-state index is -0.0504. The Balaban J connectivity index is 2.00. The molecule has 1 aliphatic heterocycles. The molecule has 0 saturated carbocycles. The number of carbonyl (C=O) groups is 1. The fraction of sp³-hybridized carbons (Fsp3) is 0.500. The van der Waals surface area contributed by atoms with E-state index in [0.29, 0.717) is 19.7 Å². The van der Waals surface area contributed by atoms with E-state index in [1.165, 1.54) is 0 Å². The number of ether oxygens (including phenoxy) is 1. The van der Waals surface area contributed by atoms with Gasteiger partial charge >= 0.3 is 0 Å². The number of hydrogen-bond acceptors (Lipinski definition) is 4. The summed E-state index contributed by atoms with van der Waals surface area (Å²) in [6.07, 6.45) is 0. The van der Waals surface area contributed by atoms with Gasteiger partial charge in [0.25, 0.3) is 0 Å². The molecule has 1 amide bonds. The molecule has 1 atom stereocenters. The van der Waals surface area contributed by atoms with Crippen LogP contribution in [0.5, 0.6) is 0 Å². The molecule has 0 bridgehead atoms. The van der Waals surface area contributed by atoms with Crippen LogP contribution in [0.4, 0.5) is 0 Å².